The van der Waals surface area contributed by atoms with Crippen LogP contribution in [0.5, 0.6) is 0 Å². The average molecular weight is 405 g/mol. The Labute approximate surface area is 166 Å². The lowest BCUT2D eigenvalue weighted by molar-refractivity contribution is -0.134. The normalized spacial score (nSPS) is 22.3. The third kappa shape index (κ3) is 3.97. The fourth-order valence-corrected chi connectivity index (χ4v) is 3.42. The number of halogens is 1. The second-order valence-corrected chi connectivity index (χ2v) is 7.05. The molecule has 1 aromatic carbocycles. The predicted octanol–water partition coefficient (Wildman–Crippen LogP) is 0.637. The van der Waals surface area contributed by atoms with Crippen molar-refractivity contribution in [3.05, 3.63) is 53.4 Å². The van der Waals surface area contributed by atoms with Crippen molar-refractivity contribution in [2.75, 3.05) is 31.5 Å². The summed E-state index contributed by atoms with van der Waals surface area (Å²) >= 11 is 5.91. The van der Waals surface area contributed by atoms with Gasteiger partial charge in [-0.25, -0.2) is 10.9 Å². The molecule has 0 saturated carbocycles. The number of nitrogens with one attached hydrogen (secondary N) is 4. The molecular formula is C18H21ClN6O3. The number of carbonyl (C=O) groups is 2. The minimum Gasteiger partial charge on any atom is -0.459 e. The number of amides is 2. The van der Waals surface area contributed by atoms with Crippen LogP contribution < -0.4 is 21.7 Å². The smallest absolute Gasteiger partial charge is 0.289 e. The SMILES string of the molecule is O=C(c1ccco1)N1CCN(C(=O)C2NNNC2Nc2ccc(Cl)cc2)CC1. The van der Waals surface area contributed by atoms with Crippen LogP contribution in [0.15, 0.2) is 47.1 Å². The van der Waals surface area contributed by atoms with Gasteiger partial charge in [-0.1, -0.05) is 11.6 Å². The number of anilines is 1. The molecule has 2 unspecified atom stereocenters. The van der Waals surface area contributed by atoms with Gasteiger partial charge in [0.1, 0.15) is 12.2 Å². The number of hydrogen-bond acceptors (Lipinski definition) is 7. The molecule has 28 heavy (non-hydrogen) atoms. The van der Waals surface area contributed by atoms with Crippen LogP contribution in [-0.2, 0) is 4.79 Å². The molecule has 2 fully saturated rings. The van der Waals surface area contributed by atoms with E-state index in [0.29, 0.717) is 37.0 Å². The Hall–Kier alpha value is -2.59. The number of nitrogens with zero attached hydrogens (tertiary/aromatic N) is 2. The number of hydrazine groups is 2. The summed E-state index contributed by atoms with van der Waals surface area (Å²) < 4.78 is 5.17. The molecule has 3 heterocycles. The van der Waals surface area contributed by atoms with E-state index in [0.717, 1.165) is 5.69 Å². The monoisotopic (exact) mass is 404 g/mol. The van der Waals surface area contributed by atoms with Crippen molar-refractivity contribution in [1.82, 2.24) is 26.2 Å². The highest BCUT2D eigenvalue weighted by Gasteiger charge is 2.37. The van der Waals surface area contributed by atoms with Crippen molar-refractivity contribution in [3.8, 4) is 0 Å². The Morgan fingerprint density at radius 1 is 1.04 bits per heavy atom. The van der Waals surface area contributed by atoms with Crippen molar-refractivity contribution in [2.24, 2.45) is 0 Å². The second-order valence-electron chi connectivity index (χ2n) is 6.62. The maximum atomic E-state index is 13.0. The highest BCUT2D eigenvalue weighted by Crippen LogP contribution is 2.16. The van der Waals surface area contributed by atoms with Gasteiger partial charge in [0.25, 0.3) is 5.91 Å². The van der Waals surface area contributed by atoms with Crippen LogP contribution in [0.25, 0.3) is 0 Å². The third-order valence-electron chi connectivity index (χ3n) is 4.83. The van der Waals surface area contributed by atoms with Crippen LogP contribution in [0, 0.1) is 0 Å². The quantitative estimate of drug-likeness (QED) is 0.593. The first kappa shape index (κ1) is 18.8. The summed E-state index contributed by atoms with van der Waals surface area (Å²) in [7, 11) is 0. The lowest BCUT2D eigenvalue weighted by atomic mass is 10.1. The van der Waals surface area contributed by atoms with E-state index in [1.807, 2.05) is 12.1 Å². The standard InChI is InChI=1S/C18H21ClN6O3/c19-12-3-5-13(6-4-12)20-16-15(21-23-22-16)18(27)25-9-7-24(8-10-25)17(26)14-2-1-11-28-14/h1-6,11,15-16,20-23H,7-10H2. The van der Waals surface area contributed by atoms with E-state index < -0.39 is 6.04 Å². The first-order valence-corrected chi connectivity index (χ1v) is 9.39. The molecule has 2 aromatic rings. The molecule has 0 aliphatic carbocycles. The molecule has 2 aliphatic heterocycles. The number of benzene rings is 1. The summed E-state index contributed by atoms with van der Waals surface area (Å²) in [5.41, 5.74) is 9.61. The van der Waals surface area contributed by atoms with E-state index in [9.17, 15) is 9.59 Å². The molecule has 2 aliphatic rings. The summed E-state index contributed by atoms with van der Waals surface area (Å²) in [5, 5.41) is 3.91. The van der Waals surface area contributed by atoms with Gasteiger partial charge in [-0.3, -0.25) is 9.59 Å². The topological polar surface area (TPSA) is 102 Å². The van der Waals surface area contributed by atoms with E-state index in [4.69, 9.17) is 16.0 Å². The van der Waals surface area contributed by atoms with Crippen molar-refractivity contribution in [1.29, 1.82) is 0 Å². The maximum Gasteiger partial charge on any atom is 0.289 e. The van der Waals surface area contributed by atoms with Gasteiger partial charge in [-0.15, -0.1) is 0 Å². The average Bonchev–Trinajstić information content (AvgIpc) is 3.41. The van der Waals surface area contributed by atoms with Crippen molar-refractivity contribution < 1.29 is 14.0 Å². The van der Waals surface area contributed by atoms with Crippen LogP contribution >= 0.6 is 11.6 Å². The van der Waals surface area contributed by atoms with Gasteiger partial charge in [-0.05, 0) is 36.4 Å². The van der Waals surface area contributed by atoms with Crippen LogP contribution in [0.4, 0.5) is 5.69 Å². The zero-order valence-electron chi connectivity index (χ0n) is 15.0. The first-order chi connectivity index (χ1) is 13.6. The van der Waals surface area contributed by atoms with Gasteiger partial charge in [0, 0.05) is 36.9 Å². The summed E-state index contributed by atoms with van der Waals surface area (Å²) in [5.74, 6) is 0.119. The Morgan fingerprint density at radius 3 is 2.43 bits per heavy atom. The predicted molar refractivity (Wildman–Crippen MR) is 103 cm³/mol. The van der Waals surface area contributed by atoms with Gasteiger partial charge in [0.05, 0.1) is 6.26 Å². The highest BCUT2D eigenvalue weighted by atomic mass is 35.5. The molecule has 9 nitrogen and oxygen atoms in total. The fourth-order valence-electron chi connectivity index (χ4n) is 3.30. The Morgan fingerprint density at radius 2 is 1.75 bits per heavy atom. The van der Waals surface area contributed by atoms with Gasteiger partial charge in [0.15, 0.2) is 5.76 Å². The van der Waals surface area contributed by atoms with E-state index >= 15 is 0 Å². The number of piperazine rings is 1. The van der Waals surface area contributed by atoms with Crippen molar-refractivity contribution in [2.45, 2.75) is 12.2 Å². The summed E-state index contributed by atoms with van der Waals surface area (Å²) in [6.45, 7) is 1.87. The number of furan rings is 1. The van der Waals surface area contributed by atoms with Crippen LogP contribution in [0.1, 0.15) is 10.6 Å². The fraction of sp³-hybridized carbons (Fsp3) is 0.333. The van der Waals surface area contributed by atoms with Crippen molar-refractivity contribution >= 4 is 29.1 Å². The van der Waals surface area contributed by atoms with E-state index in [1.54, 1.807) is 34.1 Å². The molecule has 0 bridgehead atoms. The molecule has 4 rings (SSSR count). The summed E-state index contributed by atoms with van der Waals surface area (Å²) in [4.78, 5) is 28.8. The van der Waals surface area contributed by atoms with Gasteiger partial charge >= 0.3 is 0 Å². The van der Waals surface area contributed by atoms with Gasteiger partial charge in [-0.2, -0.15) is 5.53 Å². The zero-order chi connectivity index (χ0) is 19.5. The second kappa shape index (κ2) is 8.19. The molecule has 4 N–H and O–H groups in total. The Bertz CT molecular complexity index is 820. The molecule has 0 radical (unpaired) electrons. The Kier molecular flexibility index (Phi) is 5.49. The van der Waals surface area contributed by atoms with Crippen molar-refractivity contribution in [3.63, 3.8) is 0 Å². The molecule has 148 valence electrons. The first-order valence-electron chi connectivity index (χ1n) is 9.01. The van der Waals surface area contributed by atoms with E-state index in [-0.39, 0.29) is 18.0 Å². The zero-order valence-corrected chi connectivity index (χ0v) is 15.8. The molecule has 2 atom stereocenters. The van der Waals surface area contributed by atoms with E-state index in [2.05, 4.69) is 21.7 Å². The minimum atomic E-state index is -0.497. The number of rotatable bonds is 4. The number of hydrogen-bond donors (Lipinski definition) is 4. The number of carbonyl (C=O) groups excluding carboxylic acids is 2. The summed E-state index contributed by atoms with van der Waals surface area (Å²) in [6, 6.07) is 10.1. The van der Waals surface area contributed by atoms with Crippen LogP contribution in [0.2, 0.25) is 5.02 Å². The molecule has 1 aromatic heterocycles. The molecule has 2 saturated heterocycles. The third-order valence-corrected chi connectivity index (χ3v) is 5.08. The highest BCUT2D eigenvalue weighted by molar-refractivity contribution is 6.30. The van der Waals surface area contributed by atoms with Gasteiger partial charge < -0.3 is 19.5 Å². The largest absolute Gasteiger partial charge is 0.459 e. The minimum absolute atomic E-state index is 0.0472. The molecular weight excluding hydrogens is 384 g/mol. The summed E-state index contributed by atoms with van der Waals surface area (Å²) in [6.07, 6.45) is 1.14. The molecule has 0 spiro atoms. The molecule has 10 heteroatoms. The maximum absolute atomic E-state index is 13.0. The van der Waals surface area contributed by atoms with E-state index in [1.165, 1.54) is 6.26 Å². The Balaban J connectivity index is 1.34. The van der Waals surface area contributed by atoms with Crippen LogP contribution in [-0.4, -0.2) is 60.0 Å². The molecule has 2 amide bonds. The van der Waals surface area contributed by atoms with Gasteiger partial charge in [0.2, 0.25) is 5.91 Å². The van der Waals surface area contributed by atoms with Crippen LogP contribution in [0.3, 0.4) is 0 Å². The lowest BCUT2D eigenvalue weighted by Gasteiger charge is -2.36. The lowest BCUT2D eigenvalue weighted by Crippen LogP contribution is -2.57.